The summed E-state index contributed by atoms with van der Waals surface area (Å²) in [4.78, 5) is 25.7. The molecule has 2 aromatic carbocycles. The number of aromatic nitrogens is 4. The largest absolute Gasteiger partial charge is 0.336 e. The van der Waals surface area contributed by atoms with Crippen LogP contribution in [0.5, 0.6) is 0 Å². The standard InChI is InChI=1S/C20H16FN5O/c1-26-11-10-22-19(26)18(13-6-2-3-7-14(13)21)25-20(27)17-12-23-15-8-4-5-9-16(15)24-17/h2-12,18H,1H3,(H,25,27). The topological polar surface area (TPSA) is 72.7 Å². The van der Waals surface area contributed by atoms with E-state index in [9.17, 15) is 9.18 Å². The van der Waals surface area contributed by atoms with Crippen LogP contribution in [0.25, 0.3) is 11.0 Å². The molecule has 6 nitrogen and oxygen atoms in total. The van der Waals surface area contributed by atoms with Crippen LogP contribution < -0.4 is 5.32 Å². The number of imidazole rings is 1. The summed E-state index contributed by atoms with van der Waals surface area (Å²) in [6, 6.07) is 12.8. The Hall–Kier alpha value is -3.61. The number of carbonyl (C=O) groups excluding carboxylic acids is 1. The Labute approximate surface area is 154 Å². The van der Waals surface area contributed by atoms with E-state index >= 15 is 0 Å². The number of nitrogens with one attached hydrogen (secondary N) is 1. The van der Waals surface area contributed by atoms with Crippen LogP contribution in [0.2, 0.25) is 0 Å². The van der Waals surface area contributed by atoms with E-state index in [0.717, 1.165) is 0 Å². The minimum absolute atomic E-state index is 0.157. The Morgan fingerprint density at radius 2 is 1.81 bits per heavy atom. The van der Waals surface area contributed by atoms with Gasteiger partial charge in [0.25, 0.3) is 5.91 Å². The molecule has 0 spiro atoms. The van der Waals surface area contributed by atoms with Crippen LogP contribution in [0.3, 0.4) is 0 Å². The quantitative estimate of drug-likeness (QED) is 0.606. The SMILES string of the molecule is Cn1ccnc1C(NC(=O)c1cnc2ccccc2n1)c1ccccc1F. The van der Waals surface area contributed by atoms with Gasteiger partial charge < -0.3 is 9.88 Å². The number of carbonyl (C=O) groups is 1. The molecule has 0 saturated heterocycles. The van der Waals surface area contributed by atoms with Crippen molar-refractivity contribution in [3.63, 3.8) is 0 Å². The van der Waals surface area contributed by atoms with Gasteiger partial charge in [-0.05, 0) is 18.2 Å². The molecule has 0 aliphatic rings. The zero-order valence-electron chi connectivity index (χ0n) is 14.5. The first-order valence-electron chi connectivity index (χ1n) is 8.38. The monoisotopic (exact) mass is 361 g/mol. The van der Waals surface area contributed by atoms with E-state index in [4.69, 9.17) is 0 Å². The van der Waals surface area contributed by atoms with E-state index < -0.39 is 17.8 Å². The molecule has 2 heterocycles. The number of benzene rings is 2. The predicted molar refractivity (Wildman–Crippen MR) is 98.5 cm³/mol. The summed E-state index contributed by atoms with van der Waals surface area (Å²) in [5.74, 6) is -0.359. The normalized spacial score (nSPS) is 12.1. The fourth-order valence-electron chi connectivity index (χ4n) is 2.92. The van der Waals surface area contributed by atoms with Crippen LogP contribution in [0.4, 0.5) is 4.39 Å². The number of amides is 1. The van der Waals surface area contributed by atoms with Crippen LogP contribution >= 0.6 is 0 Å². The predicted octanol–water partition coefficient (Wildman–Crippen LogP) is 3.02. The first-order chi connectivity index (χ1) is 13.1. The van der Waals surface area contributed by atoms with Crippen molar-refractivity contribution in [2.24, 2.45) is 7.05 Å². The average molecular weight is 361 g/mol. The highest BCUT2D eigenvalue weighted by Gasteiger charge is 2.24. The van der Waals surface area contributed by atoms with Crippen molar-refractivity contribution in [3.05, 3.63) is 90.0 Å². The summed E-state index contributed by atoms with van der Waals surface area (Å²) in [6.45, 7) is 0. The van der Waals surface area contributed by atoms with Gasteiger partial charge in [0.2, 0.25) is 0 Å². The molecule has 0 radical (unpaired) electrons. The first-order valence-corrected chi connectivity index (χ1v) is 8.38. The van der Waals surface area contributed by atoms with E-state index in [1.807, 2.05) is 18.2 Å². The Morgan fingerprint density at radius 1 is 1.07 bits per heavy atom. The second-order valence-corrected chi connectivity index (χ2v) is 6.07. The van der Waals surface area contributed by atoms with E-state index in [1.165, 1.54) is 12.3 Å². The third-order valence-electron chi connectivity index (χ3n) is 4.29. The molecule has 1 amide bonds. The molecule has 0 aliphatic carbocycles. The minimum Gasteiger partial charge on any atom is -0.336 e. The van der Waals surface area contributed by atoms with Gasteiger partial charge in [-0.3, -0.25) is 9.78 Å². The van der Waals surface area contributed by atoms with E-state index in [1.54, 1.807) is 48.3 Å². The number of fused-ring (bicyclic) bond motifs is 1. The maximum atomic E-state index is 14.4. The van der Waals surface area contributed by atoms with E-state index in [2.05, 4.69) is 20.3 Å². The van der Waals surface area contributed by atoms with Gasteiger partial charge in [0.1, 0.15) is 23.4 Å². The van der Waals surface area contributed by atoms with Crippen molar-refractivity contribution >= 4 is 16.9 Å². The Bertz CT molecular complexity index is 1120. The molecule has 2 aromatic heterocycles. The molecule has 0 aliphatic heterocycles. The number of halogens is 1. The molecule has 4 aromatic rings. The number of nitrogens with zero attached hydrogens (tertiary/aromatic N) is 4. The summed E-state index contributed by atoms with van der Waals surface area (Å²) in [6.07, 6.45) is 4.75. The molecule has 1 atom stereocenters. The van der Waals surface area contributed by atoms with Crippen molar-refractivity contribution in [2.45, 2.75) is 6.04 Å². The van der Waals surface area contributed by atoms with Gasteiger partial charge in [0.15, 0.2) is 0 Å². The Morgan fingerprint density at radius 3 is 2.56 bits per heavy atom. The van der Waals surface area contributed by atoms with Crippen molar-refractivity contribution in [1.29, 1.82) is 0 Å². The van der Waals surface area contributed by atoms with Crippen LogP contribution in [-0.2, 0) is 7.05 Å². The zero-order chi connectivity index (χ0) is 18.8. The van der Waals surface area contributed by atoms with Gasteiger partial charge in [0, 0.05) is 25.0 Å². The molecular formula is C20H16FN5O. The van der Waals surface area contributed by atoms with Crippen LogP contribution in [0.15, 0.2) is 67.1 Å². The minimum atomic E-state index is -0.757. The first kappa shape index (κ1) is 16.8. The molecule has 134 valence electrons. The van der Waals surface area contributed by atoms with Gasteiger partial charge in [-0.2, -0.15) is 0 Å². The summed E-state index contributed by atoms with van der Waals surface area (Å²) in [5.41, 5.74) is 1.80. The van der Waals surface area contributed by atoms with Gasteiger partial charge in [-0.15, -0.1) is 0 Å². The Kier molecular flexibility index (Phi) is 4.33. The summed E-state index contributed by atoms with van der Waals surface area (Å²) < 4.78 is 16.1. The lowest BCUT2D eigenvalue weighted by atomic mass is 10.1. The number of hydrogen-bond donors (Lipinski definition) is 1. The Balaban J connectivity index is 1.71. The van der Waals surface area contributed by atoms with Crippen molar-refractivity contribution in [2.75, 3.05) is 0 Å². The third-order valence-corrected chi connectivity index (χ3v) is 4.29. The highest BCUT2D eigenvalue weighted by Crippen LogP contribution is 2.23. The molecule has 4 rings (SSSR count). The summed E-state index contributed by atoms with van der Waals surface area (Å²) in [7, 11) is 1.79. The molecule has 1 N–H and O–H groups in total. The van der Waals surface area contributed by atoms with Crippen LogP contribution in [-0.4, -0.2) is 25.4 Å². The van der Waals surface area contributed by atoms with Gasteiger partial charge in [0.05, 0.1) is 17.2 Å². The number of aryl methyl sites for hydroxylation is 1. The molecule has 0 saturated carbocycles. The maximum Gasteiger partial charge on any atom is 0.272 e. The molecule has 1 unspecified atom stereocenters. The highest BCUT2D eigenvalue weighted by atomic mass is 19.1. The molecule has 7 heteroatoms. The van der Waals surface area contributed by atoms with E-state index in [0.29, 0.717) is 22.4 Å². The van der Waals surface area contributed by atoms with Gasteiger partial charge in [-0.25, -0.2) is 14.4 Å². The summed E-state index contributed by atoms with van der Waals surface area (Å²) >= 11 is 0. The molecule has 27 heavy (non-hydrogen) atoms. The molecule has 0 bridgehead atoms. The molecular weight excluding hydrogens is 345 g/mol. The second kappa shape index (κ2) is 6.95. The number of rotatable bonds is 4. The second-order valence-electron chi connectivity index (χ2n) is 6.07. The lowest BCUT2D eigenvalue weighted by molar-refractivity contribution is 0.0935. The fourth-order valence-corrected chi connectivity index (χ4v) is 2.92. The van der Waals surface area contributed by atoms with Crippen LogP contribution in [0, 0.1) is 5.82 Å². The maximum absolute atomic E-state index is 14.4. The average Bonchev–Trinajstić information content (AvgIpc) is 3.12. The highest BCUT2D eigenvalue weighted by molar-refractivity contribution is 5.94. The van der Waals surface area contributed by atoms with E-state index in [-0.39, 0.29) is 5.69 Å². The molecule has 0 fully saturated rings. The van der Waals surface area contributed by atoms with Crippen LogP contribution in [0.1, 0.15) is 27.9 Å². The van der Waals surface area contributed by atoms with Crippen molar-refractivity contribution in [3.8, 4) is 0 Å². The van der Waals surface area contributed by atoms with Crippen molar-refractivity contribution < 1.29 is 9.18 Å². The lowest BCUT2D eigenvalue weighted by Gasteiger charge is -2.19. The third kappa shape index (κ3) is 3.27. The summed E-state index contributed by atoms with van der Waals surface area (Å²) in [5, 5.41) is 2.83. The zero-order valence-corrected chi connectivity index (χ0v) is 14.5. The number of hydrogen-bond acceptors (Lipinski definition) is 4. The van der Waals surface area contributed by atoms with Gasteiger partial charge in [-0.1, -0.05) is 30.3 Å². The van der Waals surface area contributed by atoms with Crippen molar-refractivity contribution in [1.82, 2.24) is 24.8 Å². The number of para-hydroxylation sites is 2. The fraction of sp³-hybridized carbons (Fsp3) is 0.100. The smallest absolute Gasteiger partial charge is 0.272 e. The van der Waals surface area contributed by atoms with Gasteiger partial charge >= 0.3 is 0 Å². The lowest BCUT2D eigenvalue weighted by Crippen LogP contribution is -2.32.